The van der Waals surface area contributed by atoms with Crippen LogP contribution in [-0.4, -0.2) is 42.6 Å². The summed E-state index contributed by atoms with van der Waals surface area (Å²) in [5.41, 5.74) is 1.78. The molecule has 0 spiro atoms. The van der Waals surface area contributed by atoms with Gasteiger partial charge in [-0.25, -0.2) is 0 Å². The molecular weight excluding hydrogens is 336 g/mol. The molecule has 4 heterocycles. The van der Waals surface area contributed by atoms with Crippen LogP contribution < -0.4 is 10.1 Å². The first kappa shape index (κ1) is 16.0. The van der Waals surface area contributed by atoms with Crippen molar-refractivity contribution in [3.63, 3.8) is 0 Å². The number of piperidine rings is 3. The fourth-order valence-corrected chi connectivity index (χ4v) is 5.54. The third-order valence-electron chi connectivity index (χ3n) is 6.67. The molecule has 4 nitrogen and oxygen atoms in total. The molecule has 1 saturated carbocycles. The average molecular weight is 361 g/mol. The van der Waals surface area contributed by atoms with Crippen molar-refractivity contribution in [2.75, 3.05) is 19.6 Å². The van der Waals surface area contributed by atoms with Crippen molar-refractivity contribution in [2.45, 2.75) is 56.6 Å². The number of fused-ring (bicyclic) bond motifs is 6. The molecule has 3 atom stereocenters. The molecule has 5 aliphatic rings. The molecule has 1 unspecified atom stereocenters. The molecular formula is C20H25ClN2O2. The molecule has 0 aromatic heterocycles. The van der Waals surface area contributed by atoms with E-state index in [1.807, 2.05) is 6.07 Å². The van der Waals surface area contributed by atoms with Crippen LogP contribution in [0.5, 0.6) is 5.75 Å². The molecule has 1 aliphatic carbocycles. The Morgan fingerprint density at radius 3 is 2.72 bits per heavy atom. The Bertz CT molecular complexity index is 699. The zero-order valence-corrected chi connectivity index (χ0v) is 15.2. The maximum atomic E-state index is 13.0. The van der Waals surface area contributed by atoms with Gasteiger partial charge in [0.1, 0.15) is 11.9 Å². The Kier molecular flexibility index (Phi) is 3.94. The normalized spacial score (nSPS) is 35.6. The van der Waals surface area contributed by atoms with Crippen molar-refractivity contribution in [2.24, 2.45) is 5.92 Å². The number of hydrogen-bond donors (Lipinski definition) is 1. The summed E-state index contributed by atoms with van der Waals surface area (Å²) in [5.74, 6) is 1.80. The van der Waals surface area contributed by atoms with Gasteiger partial charge in [0.2, 0.25) is 0 Å². The van der Waals surface area contributed by atoms with Gasteiger partial charge in [-0.05, 0) is 63.2 Å². The average Bonchev–Trinajstić information content (AvgIpc) is 3.00. The lowest BCUT2D eigenvalue weighted by atomic mass is 9.82. The molecule has 1 N–H and O–H groups in total. The summed E-state index contributed by atoms with van der Waals surface area (Å²) in [6, 6.07) is 4.06. The fourth-order valence-electron chi connectivity index (χ4n) is 5.31. The minimum atomic E-state index is -0.0175. The standard InChI is InChI=1S/C20H25ClN2O2/c21-13-9-15-14-3-1-2-4-18(14)25-19(15)16(10-13)20(24)22-17-11-23-7-5-12(17)6-8-23/h9-10,12,14,17-18H,1-8,11H2,(H,22,24)/t14-,17?,18-/m1/s1. The number of nitrogens with one attached hydrogen (secondary N) is 1. The summed E-state index contributed by atoms with van der Waals surface area (Å²) in [6.07, 6.45) is 7.28. The van der Waals surface area contributed by atoms with Crippen molar-refractivity contribution < 1.29 is 9.53 Å². The molecule has 4 fully saturated rings. The number of benzene rings is 1. The van der Waals surface area contributed by atoms with E-state index in [1.54, 1.807) is 6.07 Å². The molecule has 3 saturated heterocycles. The predicted molar refractivity (Wildman–Crippen MR) is 97.5 cm³/mol. The van der Waals surface area contributed by atoms with Crippen molar-refractivity contribution in [3.05, 3.63) is 28.3 Å². The Balaban J connectivity index is 1.41. The molecule has 2 bridgehead atoms. The number of carbonyl (C=O) groups is 1. The van der Waals surface area contributed by atoms with Crippen LogP contribution in [0.3, 0.4) is 0 Å². The van der Waals surface area contributed by atoms with Crippen LogP contribution in [0.4, 0.5) is 0 Å². The second kappa shape index (κ2) is 6.17. The summed E-state index contributed by atoms with van der Waals surface area (Å²) in [6.45, 7) is 3.33. The van der Waals surface area contributed by atoms with Crippen molar-refractivity contribution in [1.82, 2.24) is 10.2 Å². The van der Waals surface area contributed by atoms with Crippen LogP contribution in [0.25, 0.3) is 0 Å². The van der Waals surface area contributed by atoms with Crippen LogP contribution in [0.2, 0.25) is 5.02 Å². The topological polar surface area (TPSA) is 41.6 Å². The largest absolute Gasteiger partial charge is 0.489 e. The second-order valence-corrected chi connectivity index (χ2v) is 8.57. The lowest BCUT2D eigenvalue weighted by molar-refractivity contribution is 0.0617. The zero-order valence-electron chi connectivity index (χ0n) is 14.5. The molecule has 1 amide bonds. The first-order valence-electron chi connectivity index (χ1n) is 9.72. The summed E-state index contributed by atoms with van der Waals surface area (Å²) in [7, 11) is 0. The zero-order chi connectivity index (χ0) is 17.0. The smallest absolute Gasteiger partial charge is 0.255 e. The van der Waals surface area contributed by atoms with Crippen molar-refractivity contribution >= 4 is 17.5 Å². The van der Waals surface area contributed by atoms with E-state index in [0.29, 0.717) is 22.4 Å². The third-order valence-corrected chi connectivity index (χ3v) is 6.89. The number of nitrogens with zero attached hydrogens (tertiary/aromatic N) is 1. The van der Waals surface area contributed by atoms with E-state index in [2.05, 4.69) is 10.2 Å². The SMILES string of the molecule is O=C(NC1CN2CCC1CC2)c1cc(Cl)cc2c1O[C@@H]1CCCC[C@H]21. The number of halogens is 1. The van der Waals surface area contributed by atoms with Crippen molar-refractivity contribution in [3.8, 4) is 5.75 Å². The number of amides is 1. The number of rotatable bonds is 2. The second-order valence-electron chi connectivity index (χ2n) is 8.14. The molecule has 1 aromatic carbocycles. The Labute approximate surface area is 153 Å². The highest BCUT2D eigenvalue weighted by Crippen LogP contribution is 2.48. The summed E-state index contributed by atoms with van der Waals surface area (Å²) < 4.78 is 6.24. The van der Waals surface area contributed by atoms with Gasteiger partial charge in [0.05, 0.1) is 5.56 Å². The van der Waals surface area contributed by atoms with E-state index in [-0.39, 0.29) is 18.1 Å². The quantitative estimate of drug-likeness (QED) is 0.876. The van der Waals surface area contributed by atoms with Gasteiger partial charge in [0.15, 0.2) is 0 Å². The van der Waals surface area contributed by atoms with Crippen LogP contribution in [0.1, 0.15) is 60.4 Å². The first-order valence-corrected chi connectivity index (χ1v) is 10.1. The molecule has 0 radical (unpaired) electrons. The number of carbonyl (C=O) groups excluding carboxylic acids is 1. The van der Waals surface area contributed by atoms with E-state index in [4.69, 9.17) is 16.3 Å². The Morgan fingerprint density at radius 2 is 1.96 bits per heavy atom. The summed E-state index contributed by atoms with van der Waals surface area (Å²) >= 11 is 6.37. The van der Waals surface area contributed by atoms with Crippen LogP contribution in [0, 0.1) is 5.92 Å². The molecule has 5 heteroatoms. The van der Waals surface area contributed by atoms with Crippen molar-refractivity contribution in [1.29, 1.82) is 0 Å². The molecule has 25 heavy (non-hydrogen) atoms. The first-order chi connectivity index (χ1) is 12.2. The fraction of sp³-hybridized carbons (Fsp3) is 0.650. The predicted octanol–water partition coefficient (Wildman–Crippen LogP) is 3.58. The van der Waals surface area contributed by atoms with Gasteiger partial charge in [-0.15, -0.1) is 0 Å². The molecule has 6 rings (SSSR count). The summed E-state index contributed by atoms with van der Waals surface area (Å²) in [5, 5.41) is 3.93. The molecule has 4 aliphatic heterocycles. The van der Waals surface area contributed by atoms with Gasteiger partial charge >= 0.3 is 0 Å². The van der Waals surface area contributed by atoms with E-state index in [0.717, 1.165) is 30.7 Å². The highest BCUT2D eigenvalue weighted by molar-refractivity contribution is 6.31. The minimum Gasteiger partial charge on any atom is -0.489 e. The van der Waals surface area contributed by atoms with Crippen LogP contribution in [-0.2, 0) is 0 Å². The van der Waals surface area contributed by atoms with E-state index < -0.39 is 0 Å². The van der Waals surface area contributed by atoms with Gasteiger partial charge < -0.3 is 15.0 Å². The van der Waals surface area contributed by atoms with E-state index >= 15 is 0 Å². The molecule has 1 aromatic rings. The molecule has 134 valence electrons. The number of hydrogen-bond acceptors (Lipinski definition) is 3. The third kappa shape index (κ3) is 2.74. The van der Waals surface area contributed by atoms with Gasteiger partial charge in [-0.1, -0.05) is 18.0 Å². The lowest BCUT2D eigenvalue weighted by Gasteiger charge is -2.44. The van der Waals surface area contributed by atoms with Gasteiger partial charge in [0, 0.05) is 29.1 Å². The maximum absolute atomic E-state index is 13.0. The van der Waals surface area contributed by atoms with Gasteiger partial charge in [0.25, 0.3) is 5.91 Å². The highest BCUT2D eigenvalue weighted by Gasteiger charge is 2.40. The highest BCUT2D eigenvalue weighted by atomic mass is 35.5. The maximum Gasteiger partial charge on any atom is 0.255 e. The lowest BCUT2D eigenvalue weighted by Crippen LogP contribution is -2.57. The minimum absolute atomic E-state index is 0.0175. The van der Waals surface area contributed by atoms with E-state index in [1.165, 1.54) is 38.8 Å². The van der Waals surface area contributed by atoms with Crippen LogP contribution in [0.15, 0.2) is 12.1 Å². The summed E-state index contributed by atoms with van der Waals surface area (Å²) in [4.78, 5) is 15.5. The van der Waals surface area contributed by atoms with Gasteiger partial charge in [-0.2, -0.15) is 0 Å². The van der Waals surface area contributed by atoms with E-state index in [9.17, 15) is 4.79 Å². The monoisotopic (exact) mass is 360 g/mol. The van der Waals surface area contributed by atoms with Crippen LogP contribution >= 0.6 is 11.6 Å². The Hall–Kier alpha value is -1.26. The Morgan fingerprint density at radius 1 is 1.16 bits per heavy atom. The van der Waals surface area contributed by atoms with Gasteiger partial charge in [-0.3, -0.25) is 4.79 Å². The number of ether oxygens (including phenoxy) is 1.